The number of oxime groups is 1. The van der Waals surface area contributed by atoms with Crippen molar-refractivity contribution in [1.29, 1.82) is 0 Å². The van der Waals surface area contributed by atoms with Crippen molar-refractivity contribution < 1.29 is 5.21 Å². The second kappa shape index (κ2) is 5.66. The maximum absolute atomic E-state index is 8.80. The highest BCUT2D eigenvalue weighted by Crippen LogP contribution is 2.26. The van der Waals surface area contributed by atoms with Crippen LogP contribution in [0.1, 0.15) is 37.7 Å². The van der Waals surface area contributed by atoms with E-state index in [-0.39, 0.29) is 5.84 Å². The summed E-state index contributed by atoms with van der Waals surface area (Å²) >= 11 is 0. The van der Waals surface area contributed by atoms with E-state index in [1.807, 2.05) is 7.05 Å². The Morgan fingerprint density at radius 3 is 2.83 bits per heavy atom. The van der Waals surface area contributed by atoms with Crippen molar-refractivity contribution in [3.05, 3.63) is 17.8 Å². The van der Waals surface area contributed by atoms with E-state index in [4.69, 9.17) is 10.9 Å². The molecule has 0 radical (unpaired) electrons. The van der Waals surface area contributed by atoms with Crippen LogP contribution < -0.4 is 10.6 Å². The van der Waals surface area contributed by atoms with Crippen molar-refractivity contribution in [3.8, 4) is 0 Å². The summed E-state index contributed by atoms with van der Waals surface area (Å²) in [4.78, 5) is 2.10. The molecule has 0 aliphatic heterocycles. The molecule has 1 aliphatic carbocycles. The lowest BCUT2D eigenvalue weighted by Gasteiger charge is -2.32. The van der Waals surface area contributed by atoms with Gasteiger partial charge in [0.1, 0.15) is 0 Å². The van der Waals surface area contributed by atoms with E-state index in [0.29, 0.717) is 17.4 Å². The van der Waals surface area contributed by atoms with Gasteiger partial charge in [-0.05, 0) is 18.9 Å². The Kier molecular flexibility index (Phi) is 3.96. The van der Waals surface area contributed by atoms with E-state index >= 15 is 0 Å². The number of nitrogens with two attached hydrogens (primary N) is 1. The predicted octanol–water partition coefficient (Wildman–Crippen LogP) is 1.34. The van der Waals surface area contributed by atoms with Crippen molar-refractivity contribution in [2.24, 2.45) is 10.9 Å². The molecule has 0 saturated heterocycles. The van der Waals surface area contributed by atoms with E-state index in [9.17, 15) is 0 Å². The van der Waals surface area contributed by atoms with Gasteiger partial charge in [0.15, 0.2) is 11.7 Å². The highest BCUT2D eigenvalue weighted by Gasteiger charge is 2.22. The Hall–Kier alpha value is -1.85. The van der Waals surface area contributed by atoms with Crippen LogP contribution in [0.4, 0.5) is 5.82 Å². The van der Waals surface area contributed by atoms with Gasteiger partial charge in [-0.1, -0.05) is 24.4 Å². The Morgan fingerprint density at radius 1 is 1.44 bits per heavy atom. The van der Waals surface area contributed by atoms with Gasteiger partial charge in [0.25, 0.3) is 0 Å². The summed E-state index contributed by atoms with van der Waals surface area (Å²) in [5.41, 5.74) is 6.29. The van der Waals surface area contributed by atoms with E-state index in [2.05, 4.69) is 20.3 Å². The van der Waals surface area contributed by atoms with Crippen molar-refractivity contribution in [2.45, 2.75) is 38.1 Å². The third-order valence-electron chi connectivity index (χ3n) is 3.54. The van der Waals surface area contributed by atoms with E-state index < -0.39 is 0 Å². The first-order valence-corrected chi connectivity index (χ1v) is 6.26. The lowest BCUT2D eigenvalue weighted by molar-refractivity contribution is 0.318. The van der Waals surface area contributed by atoms with Gasteiger partial charge in [0.2, 0.25) is 0 Å². The minimum Gasteiger partial charge on any atom is -0.409 e. The van der Waals surface area contributed by atoms with Crippen LogP contribution in [0.3, 0.4) is 0 Å². The van der Waals surface area contributed by atoms with Gasteiger partial charge in [-0.25, -0.2) is 0 Å². The fraction of sp³-hybridized carbons (Fsp3) is 0.583. The van der Waals surface area contributed by atoms with Gasteiger partial charge in [0, 0.05) is 13.1 Å². The van der Waals surface area contributed by atoms with Crippen LogP contribution in [0.25, 0.3) is 0 Å². The molecule has 0 unspecified atom stereocenters. The fourth-order valence-corrected chi connectivity index (χ4v) is 2.48. The SMILES string of the molecule is CN(c1nnccc1/C(N)=N/O)C1CCCCC1. The van der Waals surface area contributed by atoms with Gasteiger partial charge >= 0.3 is 0 Å². The maximum Gasteiger partial charge on any atom is 0.173 e. The Bertz CT molecular complexity index is 428. The molecule has 3 N–H and O–H groups in total. The molecule has 98 valence electrons. The summed E-state index contributed by atoms with van der Waals surface area (Å²) in [5, 5.41) is 19.9. The molecular formula is C12H19N5O. The van der Waals surface area contributed by atoms with Crippen LogP contribution in [0.2, 0.25) is 0 Å². The van der Waals surface area contributed by atoms with E-state index in [0.717, 1.165) is 12.8 Å². The third kappa shape index (κ3) is 2.52. The lowest BCUT2D eigenvalue weighted by atomic mass is 9.94. The van der Waals surface area contributed by atoms with Crippen LogP contribution in [0, 0.1) is 0 Å². The molecule has 1 saturated carbocycles. The van der Waals surface area contributed by atoms with Crippen molar-refractivity contribution >= 4 is 11.7 Å². The maximum atomic E-state index is 8.80. The van der Waals surface area contributed by atoms with Gasteiger partial charge in [0.05, 0.1) is 11.8 Å². The van der Waals surface area contributed by atoms with Crippen LogP contribution in [0.15, 0.2) is 17.4 Å². The highest BCUT2D eigenvalue weighted by molar-refractivity contribution is 6.01. The first kappa shape index (κ1) is 12.6. The minimum atomic E-state index is 0.0718. The van der Waals surface area contributed by atoms with Crippen LogP contribution in [0.5, 0.6) is 0 Å². The summed E-state index contributed by atoms with van der Waals surface area (Å²) in [6.07, 6.45) is 7.65. The predicted molar refractivity (Wildman–Crippen MR) is 69.8 cm³/mol. The van der Waals surface area contributed by atoms with Crippen molar-refractivity contribution in [2.75, 3.05) is 11.9 Å². The van der Waals surface area contributed by atoms with Gasteiger partial charge < -0.3 is 15.8 Å². The molecule has 1 aromatic heterocycles. The molecule has 6 heteroatoms. The molecule has 0 atom stereocenters. The number of hydrogen-bond acceptors (Lipinski definition) is 5. The molecule has 1 aliphatic rings. The zero-order chi connectivity index (χ0) is 13.0. The van der Waals surface area contributed by atoms with Crippen molar-refractivity contribution in [1.82, 2.24) is 10.2 Å². The number of nitrogens with zero attached hydrogens (tertiary/aromatic N) is 4. The van der Waals surface area contributed by atoms with Crippen LogP contribution in [-0.2, 0) is 0 Å². The average molecular weight is 249 g/mol. The summed E-state index contributed by atoms with van der Waals surface area (Å²) in [6, 6.07) is 2.18. The molecule has 0 spiro atoms. The average Bonchev–Trinajstić information content (AvgIpc) is 2.46. The standard InChI is InChI=1S/C12H19N5O/c1-17(9-5-3-2-4-6-9)12-10(11(13)16-18)7-8-14-15-12/h7-9,18H,2-6H2,1H3,(H2,13,16). The van der Waals surface area contributed by atoms with Gasteiger partial charge in [-0.2, -0.15) is 5.10 Å². The smallest absolute Gasteiger partial charge is 0.173 e. The topological polar surface area (TPSA) is 87.6 Å². The number of anilines is 1. The molecule has 6 nitrogen and oxygen atoms in total. The number of hydrogen-bond donors (Lipinski definition) is 2. The Labute approximate surface area is 106 Å². The molecule has 0 aromatic carbocycles. The largest absolute Gasteiger partial charge is 0.409 e. The second-order valence-electron chi connectivity index (χ2n) is 4.66. The summed E-state index contributed by atoms with van der Waals surface area (Å²) < 4.78 is 0. The van der Waals surface area contributed by atoms with E-state index in [1.54, 1.807) is 12.3 Å². The number of rotatable bonds is 3. The van der Waals surface area contributed by atoms with Gasteiger partial charge in [-0.3, -0.25) is 0 Å². The third-order valence-corrected chi connectivity index (χ3v) is 3.54. The first-order valence-electron chi connectivity index (χ1n) is 6.26. The molecule has 1 fully saturated rings. The molecule has 1 aromatic rings. The summed E-state index contributed by atoms with van der Waals surface area (Å²) in [6.45, 7) is 0. The van der Waals surface area contributed by atoms with Crippen LogP contribution in [-0.4, -0.2) is 34.3 Å². The second-order valence-corrected chi connectivity index (χ2v) is 4.66. The molecule has 0 amide bonds. The fourth-order valence-electron chi connectivity index (χ4n) is 2.48. The lowest BCUT2D eigenvalue weighted by Crippen LogP contribution is -2.35. The Balaban J connectivity index is 2.26. The van der Waals surface area contributed by atoms with Crippen molar-refractivity contribution in [3.63, 3.8) is 0 Å². The normalized spacial score (nSPS) is 17.7. The monoisotopic (exact) mass is 249 g/mol. The van der Waals surface area contributed by atoms with E-state index in [1.165, 1.54) is 19.3 Å². The molecule has 1 heterocycles. The van der Waals surface area contributed by atoms with Crippen LogP contribution >= 0.6 is 0 Å². The zero-order valence-electron chi connectivity index (χ0n) is 10.6. The molecule has 2 rings (SSSR count). The highest BCUT2D eigenvalue weighted by atomic mass is 16.4. The minimum absolute atomic E-state index is 0.0718. The quantitative estimate of drug-likeness (QED) is 0.365. The summed E-state index contributed by atoms with van der Waals surface area (Å²) in [7, 11) is 1.99. The molecule has 0 bridgehead atoms. The number of aromatic nitrogens is 2. The number of amidine groups is 1. The Morgan fingerprint density at radius 2 is 2.17 bits per heavy atom. The molecular weight excluding hydrogens is 230 g/mol. The summed E-state index contributed by atoms with van der Waals surface area (Å²) in [5.74, 6) is 0.752. The zero-order valence-corrected chi connectivity index (χ0v) is 10.6. The van der Waals surface area contributed by atoms with Gasteiger partial charge in [-0.15, -0.1) is 5.10 Å². The molecule has 18 heavy (non-hydrogen) atoms. The first-order chi connectivity index (χ1) is 8.74.